The summed E-state index contributed by atoms with van der Waals surface area (Å²) in [6.07, 6.45) is 3.28. The highest BCUT2D eigenvalue weighted by molar-refractivity contribution is 9.10. The number of rotatable bonds is 6. The number of hydrogen-bond donors (Lipinski definition) is 1. The third kappa shape index (κ3) is 4.40. The minimum atomic E-state index is -0.142. The minimum absolute atomic E-state index is 0.103. The van der Waals surface area contributed by atoms with Crippen molar-refractivity contribution in [3.05, 3.63) is 34.1 Å². The summed E-state index contributed by atoms with van der Waals surface area (Å²) in [5.74, 6) is 0.566. The highest BCUT2D eigenvalue weighted by atomic mass is 79.9. The third-order valence-corrected chi connectivity index (χ3v) is 3.59. The number of hydrogen-bond acceptors (Lipinski definition) is 1. The molecule has 3 heteroatoms. The molecule has 0 amide bonds. The summed E-state index contributed by atoms with van der Waals surface area (Å²) in [5.41, 5.74) is 0.755. The molecule has 0 saturated carbocycles. The zero-order valence-corrected chi connectivity index (χ0v) is 12.3. The van der Waals surface area contributed by atoms with Crippen LogP contribution in [0.15, 0.2) is 22.7 Å². The van der Waals surface area contributed by atoms with Gasteiger partial charge in [-0.05, 0) is 41.4 Å². The van der Waals surface area contributed by atoms with Crippen LogP contribution >= 0.6 is 15.9 Å². The van der Waals surface area contributed by atoms with E-state index in [1.165, 1.54) is 6.42 Å². The molecule has 96 valence electrons. The van der Waals surface area contributed by atoms with E-state index in [0.717, 1.165) is 18.4 Å². The van der Waals surface area contributed by atoms with Crippen LogP contribution in [0.1, 0.15) is 44.7 Å². The Balaban J connectivity index is 2.69. The van der Waals surface area contributed by atoms with E-state index in [2.05, 4.69) is 35.1 Å². The lowest BCUT2D eigenvalue weighted by atomic mass is 9.98. The second-order valence-corrected chi connectivity index (χ2v) is 5.66. The second-order valence-electron chi connectivity index (χ2n) is 4.81. The third-order valence-electron chi connectivity index (χ3n) is 2.98. The zero-order valence-electron chi connectivity index (χ0n) is 10.8. The van der Waals surface area contributed by atoms with E-state index in [9.17, 15) is 4.39 Å². The lowest BCUT2D eigenvalue weighted by Gasteiger charge is -2.18. The molecule has 0 aliphatic rings. The van der Waals surface area contributed by atoms with Gasteiger partial charge in [-0.2, -0.15) is 0 Å². The summed E-state index contributed by atoms with van der Waals surface area (Å²) in [7, 11) is 1.89. The molecule has 0 bridgehead atoms. The normalized spacial score (nSPS) is 13.1. The molecule has 0 aliphatic heterocycles. The summed E-state index contributed by atoms with van der Waals surface area (Å²) >= 11 is 3.23. The Labute approximate surface area is 112 Å². The smallest absolute Gasteiger partial charge is 0.142 e. The first-order chi connectivity index (χ1) is 8.06. The molecular weight excluding hydrogens is 281 g/mol. The fourth-order valence-corrected chi connectivity index (χ4v) is 2.36. The molecule has 1 atom stereocenters. The first-order valence-electron chi connectivity index (χ1n) is 6.17. The van der Waals surface area contributed by atoms with E-state index < -0.39 is 0 Å². The van der Waals surface area contributed by atoms with Crippen LogP contribution in [0.4, 0.5) is 4.39 Å². The second kappa shape index (κ2) is 7.12. The van der Waals surface area contributed by atoms with Crippen molar-refractivity contribution in [2.75, 3.05) is 7.05 Å². The predicted octanol–water partition coefficient (Wildman–Crippen LogP) is 4.68. The van der Waals surface area contributed by atoms with E-state index in [0.29, 0.717) is 10.4 Å². The van der Waals surface area contributed by atoms with Gasteiger partial charge in [0.05, 0.1) is 4.47 Å². The van der Waals surface area contributed by atoms with E-state index in [-0.39, 0.29) is 11.9 Å². The maximum Gasteiger partial charge on any atom is 0.142 e. The van der Waals surface area contributed by atoms with Crippen LogP contribution in [0, 0.1) is 11.7 Å². The molecule has 1 rings (SSSR count). The van der Waals surface area contributed by atoms with Gasteiger partial charge in [0.2, 0.25) is 0 Å². The van der Waals surface area contributed by atoms with Crippen molar-refractivity contribution >= 4 is 15.9 Å². The van der Waals surface area contributed by atoms with Gasteiger partial charge in [0.1, 0.15) is 5.82 Å². The van der Waals surface area contributed by atoms with Gasteiger partial charge in [0, 0.05) is 11.6 Å². The van der Waals surface area contributed by atoms with Crippen LogP contribution < -0.4 is 5.32 Å². The van der Waals surface area contributed by atoms with E-state index >= 15 is 0 Å². The monoisotopic (exact) mass is 301 g/mol. The van der Waals surface area contributed by atoms with Crippen molar-refractivity contribution in [1.29, 1.82) is 0 Å². The number of halogens is 2. The van der Waals surface area contributed by atoms with Gasteiger partial charge < -0.3 is 5.32 Å². The van der Waals surface area contributed by atoms with Crippen molar-refractivity contribution in [2.45, 2.75) is 39.2 Å². The summed E-state index contributed by atoms with van der Waals surface area (Å²) in [4.78, 5) is 0. The van der Waals surface area contributed by atoms with E-state index in [1.807, 2.05) is 19.2 Å². The van der Waals surface area contributed by atoms with Crippen molar-refractivity contribution in [3.8, 4) is 0 Å². The van der Waals surface area contributed by atoms with Gasteiger partial charge in [0.15, 0.2) is 0 Å². The van der Waals surface area contributed by atoms with E-state index in [1.54, 1.807) is 6.07 Å². The van der Waals surface area contributed by atoms with Crippen molar-refractivity contribution < 1.29 is 4.39 Å². The maximum absolute atomic E-state index is 13.9. The molecular formula is C14H21BrFN. The maximum atomic E-state index is 13.9. The molecule has 0 aliphatic carbocycles. The lowest BCUT2D eigenvalue weighted by molar-refractivity contribution is 0.455. The Morgan fingerprint density at radius 1 is 1.29 bits per heavy atom. The molecule has 0 spiro atoms. The summed E-state index contributed by atoms with van der Waals surface area (Å²) in [6, 6.07) is 5.58. The fraction of sp³-hybridized carbons (Fsp3) is 0.571. The van der Waals surface area contributed by atoms with Crippen LogP contribution in [-0.4, -0.2) is 7.05 Å². The van der Waals surface area contributed by atoms with Gasteiger partial charge in [-0.15, -0.1) is 0 Å². The van der Waals surface area contributed by atoms with Crippen LogP contribution in [-0.2, 0) is 0 Å². The van der Waals surface area contributed by atoms with Crippen LogP contribution in [0.2, 0.25) is 0 Å². The van der Waals surface area contributed by atoms with E-state index in [4.69, 9.17) is 0 Å². The van der Waals surface area contributed by atoms with Crippen LogP contribution in [0.3, 0.4) is 0 Å². The van der Waals surface area contributed by atoms with Crippen molar-refractivity contribution in [1.82, 2.24) is 5.32 Å². The van der Waals surface area contributed by atoms with Gasteiger partial charge in [-0.1, -0.05) is 38.8 Å². The minimum Gasteiger partial charge on any atom is -0.313 e. The Kier molecular flexibility index (Phi) is 6.14. The fourth-order valence-electron chi connectivity index (χ4n) is 1.98. The molecule has 1 aromatic carbocycles. The van der Waals surface area contributed by atoms with Crippen LogP contribution in [0.25, 0.3) is 0 Å². The average molecular weight is 302 g/mol. The molecule has 1 aromatic rings. The number of nitrogens with one attached hydrogen (secondary N) is 1. The van der Waals surface area contributed by atoms with Crippen molar-refractivity contribution in [3.63, 3.8) is 0 Å². The zero-order chi connectivity index (χ0) is 12.8. The summed E-state index contributed by atoms with van der Waals surface area (Å²) < 4.78 is 14.5. The molecule has 17 heavy (non-hydrogen) atoms. The molecule has 1 N–H and O–H groups in total. The Morgan fingerprint density at radius 2 is 2.00 bits per heavy atom. The Bertz CT molecular complexity index is 352. The lowest BCUT2D eigenvalue weighted by Crippen LogP contribution is -2.18. The average Bonchev–Trinajstić information content (AvgIpc) is 2.28. The van der Waals surface area contributed by atoms with Crippen LogP contribution in [0.5, 0.6) is 0 Å². The topological polar surface area (TPSA) is 12.0 Å². The Hall–Kier alpha value is -0.410. The molecule has 0 saturated heterocycles. The quantitative estimate of drug-likeness (QED) is 0.805. The van der Waals surface area contributed by atoms with Gasteiger partial charge >= 0.3 is 0 Å². The summed E-state index contributed by atoms with van der Waals surface area (Å²) in [5, 5.41) is 3.20. The first kappa shape index (κ1) is 14.7. The first-order valence-corrected chi connectivity index (χ1v) is 6.96. The molecule has 0 radical (unpaired) electrons. The van der Waals surface area contributed by atoms with Gasteiger partial charge in [-0.25, -0.2) is 4.39 Å². The standard InChI is InChI=1S/C14H21BrFN/c1-10(2)6-4-9-13(17-3)11-7-5-8-12(15)14(11)16/h5,7-8,10,13,17H,4,6,9H2,1-3H3. The van der Waals surface area contributed by atoms with Crippen molar-refractivity contribution in [2.24, 2.45) is 5.92 Å². The van der Waals surface area contributed by atoms with Gasteiger partial charge in [-0.3, -0.25) is 0 Å². The molecule has 0 heterocycles. The highest BCUT2D eigenvalue weighted by Crippen LogP contribution is 2.27. The largest absolute Gasteiger partial charge is 0.313 e. The highest BCUT2D eigenvalue weighted by Gasteiger charge is 2.15. The number of benzene rings is 1. The molecule has 0 fully saturated rings. The predicted molar refractivity (Wildman–Crippen MR) is 74.6 cm³/mol. The summed E-state index contributed by atoms with van der Waals surface area (Å²) in [6.45, 7) is 4.43. The SMILES string of the molecule is CNC(CCCC(C)C)c1cccc(Br)c1F. The molecule has 1 nitrogen and oxygen atoms in total. The van der Waals surface area contributed by atoms with Gasteiger partial charge in [0.25, 0.3) is 0 Å². The molecule has 1 unspecified atom stereocenters. The Morgan fingerprint density at radius 3 is 2.59 bits per heavy atom. The molecule has 0 aromatic heterocycles.